The number of nitrogens with zero attached hydrogens (tertiary/aromatic N) is 6. The Morgan fingerprint density at radius 2 is 1.22 bits per heavy atom. The van der Waals surface area contributed by atoms with Gasteiger partial charge in [-0.2, -0.15) is 19.4 Å². The molecule has 4 heterocycles. The molecule has 4 aliphatic rings. The topological polar surface area (TPSA) is 37.2 Å². The summed E-state index contributed by atoms with van der Waals surface area (Å²) in [4.78, 5) is 0. The molecule has 2 saturated heterocycles. The van der Waals surface area contributed by atoms with Crippen LogP contribution in [0.4, 0.5) is 0 Å². The zero-order valence-corrected chi connectivity index (χ0v) is 17.7. The first-order valence-corrected chi connectivity index (χ1v) is 11.7. The van der Waals surface area contributed by atoms with Gasteiger partial charge in [0.2, 0.25) is 0 Å². The molecule has 0 aromatic carbocycles. The summed E-state index contributed by atoms with van der Waals surface area (Å²) >= 11 is 0. The lowest BCUT2D eigenvalue weighted by Gasteiger charge is -2.17. The molecule has 27 heavy (non-hydrogen) atoms. The summed E-state index contributed by atoms with van der Waals surface area (Å²) in [6.45, 7) is 11.5. The van der Waals surface area contributed by atoms with Gasteiger partial charge in [-0.05, 0) is 25.7 Å². The van der Waals surface area contributed by atoms with Crippen molar-refractivity contribution >= 4 is 0 Å². The Balaban J connectivity index is 1.24. The van der Waals surface area contributed by atoms with Gasteiger partial charge in [0, 0.05) is 12.8 Å². The normalized spacial score (nSPS) is 31.6. The summed E-state index contributed by atoms with van der Waals surface area (Å²) in [6.07, 6.45) is 13.3. The summed E-state index contributed by atoms with van der Waals surface area (Å²) in [5, 5.41) is 14.7. The maximum atomic E-state index is 4.94. The molecule has 0 amide bonds. The molecule has 1 spiro atoms. The maximum Gasteiger partial charge on any atom is 0.157 e. The van der Waals surface area contributed by atoms with Gasteiger partial charge in [0.25, 0.3) is 0 Å². The predicted molar refractivity (Wildman–Crippen MR) is 106 cm³/mol. The van der Waals surface area contributed by atoms with Crippen molar-refractivity contribution in [3.63, 3.8) is 0 Å². The van der Waals surface area contributed by atoms with E-state index in [1.165, 1.54) is 64.2 Å². The number of fused-ring (bicyclic) bond motifs is 2. The summed E-state index contributed by atoms with van der Waals surface area (Å²) < 4.78 is 4.68. The summed E-state index contributed by atoms with van der Waals surface area (Å²) in [7, 11) is 0. The third-order valence-corrected chi connectivity index (χ3v) is 7.04. The average molecular weight is 377 g/mol. The number of rotatable bonds is 10. The van der Waals surface area contributed by atoms with Crippen molar-refractivity contribution in [3.8, 4) is 0 Å². The van der Waals surface area contributed by atoms with Crippen LogP contribution in [0.3, 0.4) is 0 Å². The van der Waals surface area contributed by atoms with Gasteiger partial charge in [0.05, 0.1) is 15.9 Å². The second-order valence-corrected chi connectivity index (χ2v) is 9.54. The minimum absolute atomic E-state index is 0.449. The SMILES string of the molecule is CCCCCC[N+]1=NN2CC3(CC2C1)CC1C[N+](CCCCCC)=NN1C3. The van der Waals surface area contributed by atoms with E-state index in [2.05, 4.69) is 33.3 Å². The molecule has 4 aliphatic heterocycles. The first kappa shape index (κ1) is 19.1. The lowest BCUT2D eigenvalue weighted by atomic mass is 9.83. The van der Waals surface area contributed by atoms with Crippen molar-refractivity contribution in [1.82, 2.24) is 10.0 Å². The van der Waals surface area contributed by atoms with E-state index in [1.807, 2.05) is 0 Å². The molecule has 2 fully saturated rings. The van der Waals surface area contributed by atoms with Crippen LogP contribution in [0.2, 0.25) is 0 Å². The molecule has 0 aromatic rings. The van der Waals surface area contributed by atoms with Crippen LogP contribution in [0.1, 0.15) is 78.1 Å². The smallest absolute Gasteiger partial charge is 0.157 e. The first-order chi connectivity index (χ1) is 13.2. The Labute approximate surface area is 165 Å². The minimum Gasteiger partial charge on any atom is -0.165 e. The van der Waals surface area contributed by atoms with Crippen molar-refractivity contribution in [2.75, 3.05) is 39.3 Å². The van der Waals surface area contributed by atoms with Crippen LogP contribution >= 0.6 is 0 Å². The summed E-state index contributed by atoms with van der Waals surface area (Å²) in [5.74, 6) is 0. The zero-order valence-electron chi connectivity index (χ0n) is 17.7. The van der Waals surface area contributed by atoms with E-state index in [1.54, 1.807) is 0 Å². The van der Waals surface area contributed by atoms with Crippen molar-refractivity contribution in [1.29, 1.82) is 0 Å². The molecule has 2 atom stereocenters. The fourth-order valence-electron chi connectivity index (χ4n) is 5.67. The van der Waals surface area contributed by atoms with Gasteiger partial charge in [-0.15, -0.1) is 0 Å². The Morgan fingerprint density at radius 1 is 0.741 bits per heavy atom. The van der Waals surface area contributed by atoms with Crippen LogP contribution in [0.25, 0.3) is 0 Å². The van der Waals surface area contributed by atoms with Gasteiger partial charge in [-0.25, -0.2) is 0 Å². The molecule has 6 heteroatoms. The van der Waals surface area contributed by atoms with E-state index in [0.717, 1.165) is 39.3 Å². The Hall–Kier alpha value is -1.20. The van der Waals surface area contributed by atoms with Crippen LogP contribution < -0.4 is 0 Å². The zero-order chi connectivity index (χ0) is 18.7. The second-order valence-electron chi connectivity index (χ2n) is 9.54. The molecular formula is C21H40N6+2. The van der Waals surface area contributed by atoms with Gasteiger partial charge in [-0.1, -0.05) is 39.5 Å². The van der Waals surface area contributed by atoms with Gasteiger partial charge in [-0.3, -0.25) is 0 Å². The van der Waals surface area contributed by atoms with Crippen LogP contribution in [-0.4, -0.2) is 70.8 Å². The highest BCUT2D eigenvalue weighted by Gasteiger charge is 2.61. The molecule has 0 aromatic heterocycles. The molecule has 4 rings (SSSR count). The van der Waals surface area contributed by atoms with Gasteiger partial charge < -0.3 is 0 Å². The van der Waals surface area contributed by atoms with Gasteiger partial charge in [0.1, 0.15) is 39.3 Å². The van der Waals surface area contributed by atoms with E-state index >= 15 is 0 Å². The molecule has 152 valence electrons. The van der Waals surface area contributed by atoms with Gasteiger partial charge >= 0.3 is 0 Å². The highest BCUT2D eigenvalue weighted by atomic mass is 15.7. The Bertz CT molecular complexity index is 521. The predicted octanol–water partition coefficient (Wildman–Crippen LogP) is 4.07. The van der Waals surface area contributed by atoms with Crippen LogP contribution in [0, 0.1) is 5.41 Å². The van der Waals surface area contributed by atoms with Crippen molar-refractivity contribution in [2.45, 2.75) is 90.1 Å². The molecular weight excluding hydrogens is 336 g/mol. The van der Waals surface area contributed by atoms with Gasteiger partial charge in [0.15, 0.2) is 12.1 Å². The first-order valence-electron chi connectivity index (χ1n) is 11.7. The maximum absolute atomic E-state index is 4.94. The molecule has 0 bridgehead atoms. The number of hydrogen-bond acceptors (Lipinski definition) is 4. The fraction of sp³-hybridized carbons (Fsp3) is 1.00. The summed E-state index contributed by atoms with van der Waals surface area (Å²) in [6, 6.07) is 1.31. The standard InChI is InChI=1S/C21H40N6/c1-3-5-7-9-11-24-15-19-13-21(17-26(19)22-24)14-20-16-25(23-27(20)18-21)12-10-8-6-4-2/h19-20H,3-18H2,1-2H3/q+2. The van der Waals surface area contributed by atoms with Crippen molar-refractivity contribution in [3.05, 3.63) is 0 Å². The van der Waals surface area contributed by atoms with E-state index in [-0.39, 0.29) is 0 Å². The third kappa shape index (κ3) is 4.29. The third-order valence-electron chi connectivity index (χ3n) is 7.04. The summed E-state index contributed by atoms with van der Waals surface area (Å²) in [5.41, 5.74) is 0.449. The van der Waals surface area contributed by atoms with Crippen LogP contribution in [0.5, 0.6) is 0 Å². The van der Waals surface area contributed by atoms with E-state index < -0.39 is 0 Å². The van der Waals surface area contributed by atoms with E-state index in [0.29, 0.717) is 17.5 Å². The van der Waals surface area contributed by atoms with Crippen molar-refractivity contribution in [2.24, 2.45) is 15.9 Å². The second kappa shape index (κ2) is 8.44. The molecule has 0 aliphatic carbocycles. The van der Waals surface area contributed by atoms with Crippen molar-refractivity contribution < 1.29 is 9.39 Å². The van der Waals surface area contributed by atoms with Crippen LogP contribution in [-0.2, 0) is 0 Å². The highest BCUT2D eigenvalue weighted by molar-refractivity contribution is 5.03. The van der Waals surface area contributed by atoms with E-state index in [4.69, 9.17) is 10.4 Å². The number of hydrogen-bond donors (Lipinski definition) is 0. The number of unbranched alkanes of at least 4 members (excludes halogenated alkanes) is 6. The lowest BCUT2D eigenvalue weighted by molar-refractivity contribution is -0.587. The largest absolute Gasteiger partial charge is 0.165 e. The molecule has 0 N–H and O–H groups in total. The minimum atomic E-state index is 0.449. The average Bonchev–Trinajstić information content (AvgIpc) is 3.34. The molecule has 2 unspecified atom stereocenters. The van der Waals surface area contributed by atoms with Crippen LogP contribution in [0.15, 0.2) is 10.4 Å². The Kier molecular flexibility index (Phi) is 5.98. The molecule has 0 radical (unpaired) electrons. The molecule has 0 saturated carbocycles. The fourth-order valence-corrected chi connectivity index (χ4v) is 5.67. The van der Waals surface area contributed by atoms with E-state index in [9.17, 15) is 0 Å². The molecule has 6 nitrogen and oxygen atoms in total. The Morgan fingerprint density at radius 3 is 1.63 bits per heavy atom. The monoisotopic (exact) mass is 376 g/mol. The lowest BCUT2D eigenvalue weighted by Crippen LogP contribution is -2.28. The highest BCUT2D eigenvalue weighted by Crippen LogP contribution is 2.47. The quantitative estimate of drug-likeness (QED) is 0.426.